The van der Waals surface area contributed by atoms with Crippen LogP contribution in [0.4, 0.5) is 0 Å². The molecule has 1 aromatic carbocycles. The number of fused-ring (bicyclic) bond motifs is 3. The molecule has 4 heteroatoms. The van der Waals surface area contributed by atoms with Crippen LogP contribution in [0.5, 0.6) is 0 Å². The number of rotatable bonds is 0. The van der Waals surface area contributed by atoms with Gasteiger partial charge in [-0.15, -0.1) is 0 Å². The molecule has 0 bridgehead atoms. The Kier molecular flexibility index (Phi) is 2.63. The minimum Gasteiger partial charge on any atom is -0.460 e. The normalized spacial score (nSPS) is 27.5. The van der Waals surface area contributed by atoms with Crippen molar-refractivity contribution in [2.45, 2.75) is 50.5 Å². The highest BCUT2D eigenvalue weighted by molar-refractivity contribution is 6.13. The average Bonchev–Trinajstić information content (AvgIpc) is 3.02. The second kappa shape index (κ2) is 4.45. The van der Waals surface area contributed by atoms with Crippen molar-refractivity contribution >= 4 is 11.6 Å². The molecule has 0 fully saturated rings. The van der Waals surface area contributed by atoms with Crippen LogP contribution in [0.25, 0.3) is 0 Å². The summed E-state index contributed by atoms with van der Waals surface area (Å²) in [6, 6.07) is 3.61. The molecule has 0 unspecified atom stereocenters. The van der Waals surface area contributed by atoms with Crippen LogP contribution in [0, 0.1) is 0 Å². The van der Waals surface area contributed by atoms with Gasteiger partial charge in [0.05, 0.1) is 12.4 Å². The molecule has 3 aliphatic rings. The summed E-state index contributed by atoms with van der Waals surface area (Å²) in [5, 5.41) is 10.3. The first-order chi connectivity index (χ1) is 11.5. The summed E-state index contributed by atoms with van der Waals surface area (Å²) in [5.74, 6) is 0.373. The molecule has 3 aliphatic carbocycles. The van der Waals surface area contributed by atoms with Crippen LogP contribution in [-0.2, 0) is 11.8 Å². The summed E-state index contributed by atoms with van der Waals surface area (Å²) in [6.07, 6.45) is 4.72. The monoisotopic (exact) mass is 322 g/mol. The molecule has 2 atom stereocenters. The molecule has 0 amide bonds. The van der Waals surface area contributed by atoms with E-state index in [4.69, 9.17) is 4.42 Å². The molecule has 0 spiro atoms. The quantitative estimate of drug-likeness (QED) is 0.806. The average molecular weight is 322 g/mol. The molecular formula is C20H18O4. The van der Waals surface area contributed by atoms with Gasteiger partial charge in [-0.05, 0) is 54.5 Å². The van der Waals surface area contributed by atoms with Crippen LogP contribution in [0.1, 0.15) is 87.4 Å². The number of hydrogen-bond acceptors (Lipinski definition) is 4. The van der Waals surface area contributed by atoms with Gasteiger partial charge in [0.1, 0.15) is 0 Å². The third kappa shape index (κ3) is 1.57. The van der Waals surface area contributed by atoms with Crippen molar-refractivity contribution < 1.29 is 19.1 Å². The van der Waals surface area contributed by atoms with Crippen molar-refractivity contribution in [2.24, 2.45) is 0 Å². The van der Waals surface area contributed by atoms with E-state index in [2.05, 4.69) is 6.92 Å². The van der Waals surface area contributed by atoms with E-state index in [9.17, 15) is 14.7 Å². The molecular weight excluding hydrogens is 304 g/mol. The molecule has 4 nitrogen and oxygen atoms in total. The van der Waals surface area contributed by atoms with E-state index < -0.39 is 6.10 Å². The zero-order valence-corrected chi connectivity index (χ0v) is 13.5. The zero-order valence-electron chi connectivity index (χ0n) is 13.5. The maximum absolute atomic E-state index is 13.0. The Morgan fingerprint density at radius 3 is 2.88 bits per heavy atom. The van der Waals surface area contributed by atoms with Crippen LogP contribution >= 0.6 is 0 Å². The molecule has 2 aromatic rings. The Bertz CT molecular complexity index is 920. The molecule has 0 radical (unpaired) electrons. The molecule has 1 heterocycles. The number of furan rings is 1. The molecule has 0 saturated carbocycles. The van der Waals surface area contributed by atoms with E-state index in [1.807, 2.05) is 6.07 Å². The smallest absolute Gasteiger partial charge is 0.228 e. The Labute approximate surface area is 139 Å². The molecule has 0 saturated heterocycles. The molecule has 0 aliphatic heterocycles. The standard InChI is InChI=1S/C20H18O4/c1-20-6-2-3-10-9-24-19(17(10)20)18(23)13-7-11-12(8-14(13)20)16(22)5-4-15(11)21/h7-9,15,21H,2-6H2,1H3/t15-,20+/m1/s1. The Morgan fingerprint density at radius 1 is 1.21 bits per heavy atom. The fraction of sp³-hybridized carbons (Fsp3) is 0.400. The highest BCUT2D eigenvalue weighted by atomic mass is 16.3. The minimum absolute atomic E-state index is 0.0585. The van der Waals surface area contributed by atoms with E-state index in [1.165, 1.54) is 0 Å². The number of Topliss-reactive ketones (excluding diaryl/α,β-unsaturated/α-hetero) is 1. The third-order valence-corrected chi connectivity index (χ3v) is 6.08. The number of hydrogen-bond donors (Lipinski definition) is 1. The maximum Gasteiger partial charge on any atom is 0.228 e. The van der Waals surface area contributed by atoms with Crippen molar-refractivity contribution in [3.8, 4) is 0 Å². The highest BCUT2D eigenvalue weighted by Crippen LogP contribution is 2.51. The summed E-state index contributed by atoms with van der Waals surface area (Å²) in [7, 11) is 0. The summed E-state index contributed by atoms with van der Waals surface area (Å²) in [4.78, 5) is 25.3. The summed E-state index contributed by atoms with van der Waals surface area (Å²) >= 11 is 0. The van der Waals surface area contributed by atoms with Gasteiger partial charge in [-0.3, -0.25) is 9.59 Å². The van der Waals surface area contributed by atoms with E-state index in [-0.39, 0.29) is 17.0 Å². The topological polar surface area (TPSA) is 67.5 Å². The van der Waals surface area contributed by atoms with E-state index >= 15 is 0 Å². The SMILES string of the molecule is C[C@@]12CCCc3coc(c31)C(=O)c1cc3c(cc12)C(=O)CC[C@H]3O. The summed E-state index contributed by atoms with van der Waals surface area (Å²) in [5.41, 5.74) is 4.51. The van der Waals surface area contributed by atoms with Crippen molar-refractivity contribution in [1.82, 2.24) is 0 Å². The second-order valence-corrected chi connectivity index (χ2v) is 7.44. The predicted octanol–water partition coefficient (Wildman–Crippen LogP) is 3.48. The lowest BCUT2D eigenvalue weighted by Crippen LogP contribution is -2.36. The van der Waals surface area contributed by atoms with Crippen LogP contribution in [-0.4, -0.2) is 16.7 Å². The van der Waals surface area contributed by atoms with Crippen molar-refractivity contribution in [1.29, 1.82) is 0 Å². The van der Waals surface area contributed by atoms with E-state index in [1.54, 1.807) is 12.3 Å². The van der Waals surface area contributed by atoms with Gasteiger partial charge in [0.25, 0.3) is 0 Å². The highest BCUT2D eigenvalue weighted by Gasteiger charge is 2.46. The number of aryl methyl sites for hydroxylation is 1. The van der Waals surface area contributed by atoms with E-state index in [0.29, 0.717) is 35.3 Å². The number of aliphatic hydroxyl groups excluding tert-OH is 1. The lowest BCUT2D eigenvalue weighted by molar-refractivity contribution is 0.0893. The number of carbonyl (C=O) groups is 2. The number of ketones is 2. The van der Waals surface area contributed by atoms with Gasteiger partial charge in [-0.25, -0.2) is 0 Å². The van der Waals surface area contributed by atoms with Gasteiger partial charge in [0.2, 0.25) is 5.78 Å². The van der Waals surface area contributed by atoms with Crippen LogP contribution in [0.3, 0.4) is 0 Å². The van der Waals surface area contributed by atoms with Gasteiger partial charge in [-0.2, -0.15) is 0 Å². The first-order valence-electron chi connectivity index (χ1n) is 8.56. The van der Waals surface area contributed by atoms with E-state index in [0.717, 1.165) is 36.0 Å². The lowest BCUT2D eigenvalue weighted by atomic mass is 9.62. The third-order valence-electron chi connectivity index (χ3n) is 6.08. The fourth-order valence-electron chi connectivity index (χ4n) is 4.83. The summed E-state index contributed by atoms with van der Waals surface area (Å²) < 4.78 is 5.64. The molecule has 1 aromatic heterocycles. The van der Waals surface area contributed by atoms with Gasteiger partial charge in [0, 0.05) is 28.5 Å². The van der Waals surface area contributed by atoms with Crippen molar-refractivity contribution in [3.05, 3.63) is 57.5 Å². The number of benzene rings is 1. The molecule has 5 rings (SSSR count). The van der Waals surface area contributed by atoms with Crippen LogP contribution < -0.4 is 0 Å². The maximum atomic E-state index is 13.0. The number of aliphatic hydroxyl groups is 1. The Balaban J connectivity index is 1.84. The fourth-order valence-corrected chi connectivity index (χ4v) is 4.83. The van der Waals surface area contributed by atoms with Gasteiger partial charge in [0.15, 0.2) is 11.5 Å². The first-order valence-corrected chi connectivity index (χ1v) is 8.56. The van der Waals surface area contributed by atoms with Crippen molar-refractivity contribution in [3.63, 3.8) is 0 Å². The minimum atomic E-state index is -0.677. The second-order valence-electron chi connectivity index (χ2n) is 7.44. The largest absolute Gasteiger partial charge is 0.460 e. The summed E-state index contributed by atoms with van der Waals surface area (Å²) in [6.45, 7) is 2.14. The first kappa shape index (κ1) is 14.2. The molecule has 24 heavy (non-hydrogen) atoms. The lowest BCUT2D eigenvalue weighted by Gasteiger charge is -2.39. The zero-order chi connectivity index (χ0) is 16.6. The van der Waals surface area contributed by atoms with Crippen LogP contribution in [0.2, 0.25) is 0 Å². The van der Waals surface area contributed by atoms with Gasteiger partial charge in [-0.1, -0.05) is 6.92 Å². The molecule has 1 N–H and O–H groups in total. The number of carbonyl (C=O) groups excluding carboxylic acids is 2. The molecule has 122 valence electrons. The van der Waals surface area contributed by atoms with Crippen LogP contribution in [0.15, 0.2) is 22.8 Å². The Hall–Kier alpha value is -2.20. The predicted molar refractivity (Wildman–Crippen MR) is 86.5 cm³/mol. The Morgan fingerprint density at radius 2 is 2.04 bits per heavy atom. The van der Waals surface area contributed by atoms with Gasteiger partial charge < -0.3 is 9.52 Å². The van der Waals surface area contributed by atoms with Gasteiger partial charge >= 0.3 is 0 Å². The van der Waals surface area contributed by atoms with Crippen molar-refractivity contribution in [2.75, 3.05) is 0 Å².